The van der Waals surface area contributed by atoms with E-state index in [4.69, 9.17) is 4.74 Å². The van der Waals surface area contributed by atoms with Gasteiger partial charge in [-0.3, -0.25) is 20.6 Å². The molecule has 210 valence electrons. The van der Waals surface area contributed by atoms with Crippen LogP contribution in [0.2, 0.25) is 0 Å². The number of hydrogen-bond donors (Lipinski definition) is 2. The molecule has 1 atom stereocenters. The number of carbonyl (C=O) groups is 1. The number of thioether (sulfide) groups is 1. The number of ether oxygens (including phenoxy) is 1. The Morgan fingerprint density at radius 2 is 1.55 bits per heavy atom. The van der Waals surface area contributed by atoms with Crippen molar-refractivity contribution >= 4 is 48.3 Å². The molecule has 1 aliphatic rings. The molecule has 0 bridgehead atoms. The first-order chi connectivity index (χ1) is 19.2. The van der Waals surface area contributed by atoms with E-state index in [1.165, 1.54) is 42.5 Å². The fraction of sp³-hybridized carbons (Fsp3) is 0.214. The molecule has 0 fully saturated rings. The summed E-state index contributed by atoms with van der Waals surface area (Å²) < 4.78 is 58.0. The predicted octanol–water partition coefficient (Wildman–Crippen LogP) is 4.22. The molecule has 0 spiro atoms. The van der Waals surface area contributed by atoms with E-state index in [-0.39, 0.29) is 33.5 Å². The quantitative estimate of drug-likeness (QED) is 0.179. The van der Waals surface area contributed by atoms with Crippen LogP contribution in [0.3, 0.4) is 0 Å². The average Bonchev–Trinajstić information content (AvgIpc) is 3.49. The average molecular weight is 600 g/mol. The van der Waals surface area contributed by atoms with E-state index in [9.17, 15) is 21.6 Å². The molecule has 0 aromatic heterocycles. The number of esters is 1. The van der Waals surface area contributed by atoms with Crippen LogP contribution < -0.4 is 10.9 Å². The van der Waals surface area contributed by atoms with Crippen LogP contribution in [0.1, 0.15) is 17.9 Å². The van der Waals surface area contributed by atoms with Crippen LogP contribution >= 0.6 is 11.8 Å². The third-order valence-electron chi connectivity index (χ3n) is 6.02. The van der Waals surface area contributed by atoms with Crippen LogP contribution in [0.25, 0.3) is 0 Å². The Labute approximate surface area is 238 Å². The molecule has 1 heterocycles. The first-order valence-electron chi connectivity index (χ1n) is 12.4. The molecule has 1 aliphatic heterocycles. The molecule has 1 unspecified atom stereocenters. The number of nitrogens with zero attached hydrogens (tertiary/aromatic N) is 1. The van der Waals surface area contributed by atoms with Gasteiger partial charge < -0.3 is 4.74 Å². The van der Waals surface area contributed by atoms with Crippen LogP contribution in [0, 0.1) is 0 Å². The molecule has 3 aromatic rings. The number of anilines is 1. The summed E-state index contributed by atoms with van der Waals surface area (Å²) in [5.41, 5.74) is 7.31. The highest BCUT2D eigenvalue weighted by Gasteiger charge is 2.26. The third kappa shape index (κ3) is 7.52. The second kappa shape index (κ2) is 13.2. The van der Waals surface area contributed by atoms with Crippen molar-refractivity contribution in [3.05, 3.63) is 97.1 Å². The number of rotatable bonds is 12. The monoisotopic (exact) mass is 599 g/mol. The maximum absolute atomic E-state index is 13.3. The lowest BCUT2D eigenvalue weighted by atomic mass is 9.98. The summed E-state index contributed by atoms with van der Waals surface area (Å²) in [5, 5.41) is 0.773. The fourth-order valence-electron chi connectivity index (χ4n) is 3.99. The summed E-state index contributed by atoms with van der Waals surface area (Å²) in [6.45, 7) is 4.30. The van der Waals surface area contributed by atoms with Gasteiger partial charge in [-0.1, -0.05) is 54.7 Å². The normalized spacial score (nSPS) is 14.2. The van der Waals surface area contributed by atoms with E-state index in [2.05, 4.69) is 22.4 Å². The van der Waals surface area contributed by atoms with Crippen LogP contribution in [0.15, 0.2) is 111 Å². The summed E-state index contributed by atoms with van der Waals surface area (Å²) in [6, 6.07) is 20.2. The summed E-state index contributed by atoms with van der Waals surface area (Å²) in [5.74, 6) is -0.610. The van der Waals surface area contributed by atoms with Crippen LogP contribution in [-0.4, -0.2) is 52.6 Å². The molecule has 3 aromatic carbocycles. The van der Waals surface area contributed by atoms with Crippen molar-refractivity contribution in [3.63, 3.8) is 0 Å². The standard InChI is InChI=1S/C28H29N3O6S3/c1-2-17-37-27(32)19-22(21-6-4-3-5-7-21)20-39(33,34)24-12-14-26(15-13-24)40(35,36)25-10-8-23(9-11-25)30-31-28-29-16-18-38-28/h2-15,22,30H,1,16-20H2,(H,29,31). The van der Waals surface area contributed by atoms with Gasteiger partial charge in [0.2, 0.25) is 9.84 Å². The molecule has 4 rings (SSSR count). The van der Waals surface area contributed by atoms with E-state index < -0.39 is 31.6 Å². The number of sulfone groups is 2. The molecule has 0 aliphatic carbocycles. The van der Waals surface area contributed by atoms with E-state index in [0.29, 0.717) is 11.3 Å². The number of aliphatic imine (C=N–C) groups is 1. The van der Waals surface area contributed by atoms with Gasteiger partial charge in [-0.15, -0.1) is 0 Å². The smallest absolute Gasteiger partial charge is 0.306 e. The lowest BCUT2D eigenvalue weighted by Crippen LogP contribution is -2.25. The van der Waals surface area contributed by atoms with E-state index >= 15 is 0 Å². The molecule has 12 heteroatoms. The number of hydrogen-bond acceptors (Lipinski definition) is 10. The minimum atomic E-state index is -3.88. The summed E-state index contributed by atoms with van der Waals surface area (Å²) in [4.78, 5) is 16.5. The first kappa shape index (κ1) is 29.4. The van der Waals surface area contributed by atoms with Crippen molar-refractivity contribution in [2.75, 3.05) is 30.1 Å². The van der Waals surface area contributed by atoms with E-state index in [1.807, 2.05) is 0 Å². The largest absolute Gasteiger partial charge is 0.461 e. The van der Waals surface area contributed by atoms with Crippen LogP contribution in [-0.2, 0) is 29.2 Å². The molecular formula is C28H29N3O6S3. The van der Waals surface area contributed by atoms with Crippen molar-refractivity contribution < 1.29 is 26.4 Å². The van der Waals surface area contributed by atoms with Gasteiger partial charge >= 0.3 is 5.97 Å². The lowest BCUT2D eigenvalue weighted by molar-refractivity contribution is -0.142. The summed E-state index contributed by atoms with van der Waals surface area (Å²) in [6.07, 6.45) is 1.31. The van der Waals surface area contributed by atoms with Crippen molar-refractivity contribution in [1.29, 1.82) is 0 Å². The molecule has 0 saturated carbocycles. The van der Waals surface area contributed by atoms with Crippen molar-refractivity contribution in [2.45, 2.75) is 27.0 Å². The van der Waals surface area contributed by atoms with E-state index in [1.54, 1.807) is 54.2 Å². The number of benzene rings is 3. The zero-order chi connectivity index (χ0) is 28.6. The molecular weight excluding hydrogens is 571 g/mol. The molecule has 0 saturated heterocycles. The van der Waals surface area contributed by atoms with Crippen molar-refractivity contribution in [2.24, 2.45) is 4.99 Å². The topological polar surface area (TPSA) is 131 Å². The van der Waals surface area contributed by atoms with Crippen LogP contribution in [0.5, 0.6) is 0 Å². The van der Waals surface area contributed by atoms with Crippen LogP contribution in [0.4, 0.5) is 5.69 Å². The van der Waals surface area contributed by atoms with Gasteiger partial charge in [0.15, 0.2) is 15.0 Å². The minimum absolute atomic E-state index is 0.0328. The Hall–Kier alpha value is -3.61. The minimum Gasteiger partial charge on any atom is -0.461 e. The van der Waals surface area contributed by atoms with Gasteiger partial charge in [-0.25, -0.2) is 16.8 Å². The highest BCUT2D eigenvalue weighted by Crippen LogP contribution is 2.28. The van der Waals surface area contributed by atoms with Gasteiger partial charge in [0.25, 0.3) is 0 Å². The highest BCUT2D eigenvalue weighted by molar-refractivity contribution is 8.14. The third-order valence-corrected chi connectivity index (χ3v) is 10.5. The first-order valence-corrected chi connectivity index (χ1v) is 16.5. The lowest BCUT2D eigenvalue weighted by Gasteiger charge is -2.17. The van der Waals surface area contributed by atoms with Crippen molar-refractivity contribution in [3.8, 4) is 0 Å². The Kier molecular flexibility index (Phi) is 9.67. The summed E-state index contributed by atoms with van der Waals surface area (Å²) >= 11 is 1.59. The van der Waals surface area contributed by atoms with Crippen molar-refractivity contribution in [1.82, 2.24) is 5.43 Å². The van der Waals surface area contributed by atoms with E-state index in [0.717, 1.165) is 17.5 Å². The number of hydrazine groups is 1. The zero-order valence-electron chi connectivity index (χ0n) is 21.5. The number of carbonyl (C=O) groups excluding carboxylic acids is 1. The SMILES string of the molecule is C=CCOC(=O)CC(CS(=O)(=O)c1ccc(S(=O)(=O)c2ccc(NNC3=NCCS3)cc2)cc1)c1ccccc1. The Morgan fingerprint density at radius 1 is 0.925 bits per heavy atom. The predicted molar refractivity (Wildman–Crippen MR) is 157 cm³/mol. The van der Waals surface area contributed by atoms with Gasteiger partial charge in [-0.2, -0.15) is 0 Å². The van der Waals surface area contributed by atoms with Gasteiger partial charge in [0, 0.05) is 11.7 Å². The number of nitrogens with one attached hydrogen (secondary N) is 2. The maximum atomic E-state index is 13.3. The Balaban J connectivity index is 1.48. The molecule has 40 heavy (non-hydrogen) atoms. The maximum Gasteiger partial charge on any atom is 0.306 e. The zero-order valence-corrected chi connectivity index (χ0v) is 24.0. The second-order valence-electron chi connectivity index (χ2n) is 8.85. The fourth-order valence-corrected chi connectivity index (χ4v) is 7.51. The second-order valence-corrected chi connectivity index (χ2v) is 13.9. The highest BCUT2D eigenvalue weighted by atomic mass is 32.2. The Morgan fingerprint density at radius 3 is 2.15 bits per heavy atom. The molecule has 0 amide bonds. The number of amidine groups is 1. The van der Waals surface area contributed by atoms with Gasteiger partial charge in [0.1, 0.15) is 6.61 Å². The molecule has 9 nitrogen and oxygen atoms in total. The molecule has 2 N–H and O–H groups in total. The van der Waals surface area contributed by atoms with Gasteiger partial charge in [-0.05, 0) is 54.1 Å². The summed E-state index contributed by atoms with van der Waals surface area (Å²) in [7, 11) is -7.75. The molecule has 0 radical (unpaired) electrons. The van der Waals surface area contributed by atoms with Gasteiger partial charge in [0.05, 0.1) is 39.1 Å². The Bertz CT molecular complexity index is 1570.